The minimum Gasteiger partial charge on any atom is -0.481 e. The number of methoxy groups -OCH3 is 1. The van der Waals surface area contributed by atoms with Crippen molar-refractivity contribution in [1.29, 1.82) is 0 Å². The monoisotopic (exact) mass is 294 g/mol. The van der Waals surface area contributed by atoms with Gasteiger partial charge in [0.1, 0.15) is 0 Å². The molecule has 0 atom stereocenters. The second-order valence-electron chi connectivity index (χ2n) is 4.47. The summed E-state index contributed by atoms with van der Waals surface area (Å²) in [6.45, 7) is 2.22. The third-order valence-corrected chi connectivity index (χ3v) is 3.10. The van der Waals surface area contributed by atoms with Crippen LogP contribution in [0.1, 0.15) is 11.3 Å². The molecule has 0 bridgehead atoms. The number of aryl methyl sites for hydroxylation is 2. The molecule has 21 heavy (non-hydrogen) atoms. The first-order valence-electron chi connectivity index (χ1n) is 6.18. The largest absolute Gasteiger partial charge is 0.481 e. The predicted molar refractivity (Wildman–Crippen MR) is 74.9 cm³/mol. The van der Waals surface area contributed by atoms with Gasteiger partial charge in [0.05, 0.1) is 23.3 Å². The molecule has 7 nitrogen and oxygen atoms in total. The fourth-order valence-electron chi connectivity index (χ4n) is 2.10. The predicted octanol–water partition coefficient (Wildman–Crippen LogP) is 2.40. The van der Waals surface area contributed by atoms with Crippen molar-refractivity contribution in [2.24, 2.45) is 7.05 Å². The molecule has 1 aromatic heterocycles. The van der Waals surface area contributed by atoms with Gasteiger partial charge in [0, 0.05) is 31.4 Å². The lowest BCUT2D eigenvalue weighted by Gasteiger charge is -2.08. The van der Waals surface area contributed by atoms with Gasteiger partial charge in [0.15, 0.2) is 0 Å². The van der Waals surface area contributed by atoms with Crippen LogP contribution in [0.3, 0.4) is 0 Å². The van der Waals surface area contributed by atoms with Gasteiger partial charge in [0.25, 0.3) is 0 Å². The molecular formula is C13H15FN4O3. The zero-order valence-corrected chi connectivity index (χ0v) is 11.9. The van der Waals surface area contributed by atoms with Crippen LogP contribution in [0.5, 0.6) is 5.88 Å². The average Bonchev–Trinajstić information content (AvgIpc) is 2.69. The van der Waals surface area contributed by atoms with E-state index in [0.29, 0.717) is 18.1 Å². The Morgan fingerprint density at radius 2 is 2.24 bits per heavy atom. The summed E-state index contributed by atoms with van der Waals surface area (Å²) in [5.74, 6) is -0.262. The maximum absolute atomic E-state index is 13.5. The molecule has 1 heterocycles. The van der Waals surface area contributed by atoms with E-state index in [1.165, 1.54) is 6.07 Å². The van der Waals surface area contributed by atoms with Crippen LogP contribution in [-0.2, 0) is 13.6 Å². The van der Waals surface area contributed by atoms with E-state index in [4.69, 9.17) is 4.74 Å². The average molecular weight is 294 g/mol. The normalized spacial score (nSPS) is 10.5. The highest BCUT2D eigenvalue weighted by Crippen LogP contribution is 2.24. The van der Waals surface area contributed by atoms with Gasteiger partial charge in [0.2, 0.25) is 11.7 Å². The van der Waals surface area contributed by atoms with Crippen molar-refractivity contribution in [2.75, 3.05) is 12.4 Å². The van der Waals surface area contributed by atoms with Crippen molar-refractivity contribution in [1.82, 2.24) is 9.78 Å². The molecule has 0 spiro atoms. The van der Waals surface area contributed by atoms with Crippen LogP contribution in [0, 0.1) is 22.9 Å². The second kappa shape index (κ2) is 5.78. The molecule has 2 aromatic rings. The summed E-state index contributed by atoms with van der Waals surface area (Å²) in [6.07, 6.45) is 0. The van der Waals surface area contributed by atoms with E-state index in [1.54, 1.807) is 18.8 Å². The topological polar surface area (TPSA) is 82.2 Å². The third-order valence-electron chi connectivity index (χ3n) is 3.10. The van der Waals surface area contributed by atoms with E-state index in [0.717, 1.165) is 23.4 Å². The molecule has 0 saturated heterocycles. The molecule has 2 rings (SSSR count). The van der Waals surface area contributed by atoms with Gasteiger partial charge in [-0.15, -0.1) is 0 Å². The number of benzene rings is 1. The number of rotatable bonds is 5. The van der Waals surface area contributed by atoms with E-state index >= 15 is 0 Å². The van der Waals surface area contributed by atoms with Gasteiger partial charge in [-0.05, 0) is 13.0 Å². The Bertz CT molecular complexity index is 684. The summed E-state index contributed by atoms with van der Waals surface area (Å²) >= 11 is 0. The lowest BCUT2D eigenvalue weighted by molar-refractivity contribution is -0.387. The quantitative estimate of drug-likeness (QED) is 0.676. The van der Waals surface area contributed by atoms with E-state index in [2.05, 4.69) is 10.4 Å². The van der Waals surface area contributed by atoms with Gasteiger partial charge >= 0.3 is 5.69 Å². The maximum Gasteiger partial charge on any atom is 0.304 e. The highest BCUT2D eigenvalue weighted by Gasteiger charge is 2.16. The molecule has 0 amide bonds. The summed E-state index contributed by atoms with van der Waals surface area (Å²) in [5.41, 5.74) is 1.54. The molecule has 0 fully saturated rings. The fraction of sp³-hybridized carbons (Fsp3) is 0.308. The number of nitrogens with one attached hydrogen (secondary N) is 1. The highest BCUT2D eigenvalue weighted by molar-refractivity contribution is 5.50. The zero-order valence-electron chi connectivity index (χ0n) is 11.9. The molecule has 0 radical (unpaired) electrons. The first-order chi connectivity index (χ1) is 9.93. The van der Waals surface area contributed by atoms with Crippen LogP contribution in [0.2, 0.25) is 0 Å². The van der Waals surface area contributed by atoms with Gasteiger partial charge in [-0.1, -0.05) is 0 Å². The van der Waals surface area contributed by atoms with Crippen LogP contribution >= 0.6 is 0 Å². The summed E-state index contributed by atoms with van der Waals surface area (Å²) in [5, 5.41) is 17.8. The van der Waals surface area contributed by atoms with Crippen molar-refractivity contribution >= 4 is 11.4 Å². The lowest BCUT2D eigenvalue weighted by atomic mass is 10.2. The van der Waals surface area contributed by atoms with Gasteiger partial charge in [-0.3, -0.25) is 10.1 Å². The molecule has 112 valence electrons. The van der Waals surface area contributed by atoms with Gasteiger partial charge in [-0.25, -0.2) is 4.68 Å². The first-order valence-corrected chi connectivity index (χ1v) is 6.18. The number of nitrogens with zero attached hydrogens (tertiary/aromatic N) is 3. The van der Waals surface area contributed by atoms with Crippen molar-refractivity contribution in [2.45, 2.75) is 13.5 Å². The van der Waals surface area contributed by atoms with Crippen LogP contribution in [0.15, 0.2) is 18.2 Å². The minimum atomic E-state index is -0.875. The SMILES string of the molecule is COc1c(CNc2ccc([N+](=O)[O-])c(F)c2)c(C)nn1C. The van der Waals surface area contributed by atoms with Crippen LogP contribution in [0.4, 0.5) is 15.8 Å². The Hall–Kier alpha value is -2.64. The number of ether oxygens (including phenoxy) is 1. The maximum atomic E-state index is 13.5. The Morgan fingerprint density at radius 1 is 1.52 bits per heavy atom. The number of hydrogen-bond donors (Lipinski definition) is 1. The molecule has 1 N–H and O–H groups in total. The Labute approximate surface area is 120 Å². The molecule has 0 aliphatic heterocycles. The fourth-order valence-corrected chi connectivity index (χ4v) is 2.10. The Balaban J connectivity index is 2.17. The van der Waals surface area contributed by atoms with Crippen LogP contribution in [0.25, 0.3) is 0 Å². The van der Waals surface area contributed by atoms with Gasteiger partial charge < -0.3 is 10.1 Å². The summed E-state index contributed by atoms with van der Waals surface area (Å²) in [4.78, 5) is 9.80. The number of nitro groups is 1. The van der Waals surface area contributed by atoms with E-state index in [1.807, 2.05) is 6.92 Å². The molecule has 0 saturated carbocycles. The highest BCUT2D eigenvalue weighted by atomic mass is 19.1. The van der Waals surface area contributed by atoms with E-state index in [9.17, 15) is 14.5 Å². The molecule has 0 aliphatic rings. The third kappa shape index (κ3) is 2.93. The number of hydrogen-bond acceptors (Lipinski definition) is 5. The van der Waals surface area contributed by atoms with E-state index in [-0.39, 0.29) is 0 Å². The van der Waals surface area contributed by atoms with Crippen molar-refractivity contribution in [3.05, 3.63) is 45.4 Å². The summed E-state index contributed by atoms with van der Waals surface area (Å²) < 4.78 is 20.4. The van der Waals surface area contributed by atoms with Gasteiger partial charge in [-0.2, -0.15) is 9.49 Å². The smallest absolute Gasteiger partial charge is 0.304 e. The summed E-state index contributed by atoms with van der Waals surface area (Å²) in [6, 6.07) is 3.68. The standard InChI is InChI=1S/C13H15FN4O3/c1-8-10(13(21-3)17(2)16-8)7-15-9-4-5-12(18(19)20)11(14)6-9/h4-6,15H,7H2,1-3H3. The number of anilines is 1. The minimum absolute atomic E-state index is 0.375. The number of nitro benzene ring substituents is 1. The number of halogens is 1. The molecule has 8 heteroatoms. The molecule has 0 unspecified atom stereocenters. The van der Waals surface area contributed by atoms with Crippen LogP contribution < -0.4 is 10.1 Å². The second-order valence-corrected chi connectivity index (χ2v) is 4.47. The van der Waals surface area contributed by atoms with Crippen molar-refractivity contribution < 1.29 is 14.1 Å². The Morgan fingerprint density at radius 3 is 2.81 bits per heavy atom. The summed E-state index contributed by atoms with van der Waals surface area (Å²) in [7, 11) is 3.31. The van der Waals surface area contributed by atoms with E-state index < -0.39 is 16.4 Å². The molecule has 0 aliphatic carbocycles. The van der Waals surface area contributed by atoms with Crippen LogP contribution in [-0.4, -0.2) is 21.8 Å². The Kier molecular flexibility index (Phi) is 4.06. The lowest BCUT2D eigenvalue weighted by Crippen LogP contribution is -2.03. The van der Waals surface area contributed by atoms with Crippen molar-refractivity contribution in [3.63, 3.8) is 0 Å². The molecular weight excluding hydrogens is 279 g/mol. The zero-order chi connectivity index (χ0) is 15.6. The number of aromatic nitrogens is 2. The first kappa shape index (κ1) is 14.8. The van der Waals surface area contributed by atoms with Crippen molar-refractivity contribution in [3.8, 4) is 5.88 Å². The molecule has 1 aromatic carbocycles.